The lowest BCUT2D eigenvalue weighted by Crippen LogP contribution is -2.48. The summed E-state index contributed by atoms with van der Waals surface area (Å²) >= 11 is 5.40. The fourth-order valence-corrected chi connectivity index (χ4v) is 2.87. The first-order valence-electron chi connectivity index (χ1n) is 6.70. The normalized spacial score (nSPS) is 22.2. The highest BCUT2D eigenvalue weighted by atomic mass is 32.1. The van der Waals surface area contributed by atoms with Gasteiger partial charge in [-0.15, -0.1) is 0 Å². The number of rotatable bonds is 2. The van der Waals surface area contributed by atoms with E-state index in [-0.39, 0.29) is 0 Å². The van der Waals surface area contributed by atoms with Crippen LogP contribution in [-0.4, -0.2) is 11.2 Å². The molecule has 1 aliphatic rings. The Morgan fingerprint density at radius 1 is 1.22 bits per heavy atom. The van der Waals surface area contributed by atoms with E-state index in [4.69, 9.17) is 12.2 Å². The fourth-order valence-electron chi connectivity index (χ4n) is 2.61. The molecule has 1 fully saturated rings. The second-order valence-electron chi connectivity index (χ2n) is 5.75. The summed E-state index contributed by atoms with van der Waals surface area (Å²) in [6, 6.07) is 10.6. The molecule has 1 aliphatic carbocycles. The monoisotopic (exact) mass is 262 g/mol. The molecule has 2 nitrogen and oxygen atoms in total. The van der Waals surface area contributed by atoms with Crippen LogP contribution in [0.25, 0.3) is 0 Å². The smallest absolute Gasteiger partial charge is 0.171 e. The Kier molecular flexibility index (Phi) is 4.23. The molecule has 0 spiro atoms. The van der Waals surface area contributed by atoms with Gasteiger partial charge in [0.2, 0.25) is 0 Å². The van der Waals surface area contributed by atoms with E-state index in [1.54, 1.807) is 0 Å². The molecule has 1 unspecified atom stereocenters. The van der Waals surface area contributed by atoms with Crippen LogP contribution in [0.4, 0.5) is 5.69 Å². The molecule has 2 rings (SSSR count). The fraction of sp³-hybridized carbons (Fsp3) is 0.533. The average Bonchev–Trinajstić information content (AvgIpc) is 2.33. The van der Waals surface area contributed by atoms with Crippen LogP contribution >= 0.6 is 12.2 Å². The quantitative estimate of drug-likeness (QED) is 0.789. The van der Waals surface area contributed by atoms with Crippen LogP contribution in [-0.2, 0) is 0 Å². The van der Waals surface area contributed by atoms with E-state index < -0.39 is 0 Å². The van der Waals surface area contributed by atoms with Gasteiger partial charge in [-0.25, -0.2) is 0 Å². The number of para-hydroxylation sites is 1. The molecule has 18 heavy (non-hydrogen) atoms. The number of nitrogens with one attached hydrogen (secondary N) is 2. The molecule has 0 radical (unpaired) electrons. The minimum atomic E-state index is 0.334. The van der Waals surface area contributed by atoms with Gasteiger partial charge >= 0.3 is 0 Å². The molecule has 98 valence electrons. The summed E-state index contributed by atoms with van der Waals surface area (Å²) in [5.41, 5.74) is 1.38. The predicted octanol–water partition coefficient (Wildman–Crippen LogP) is 3.94. The molecule has 0 aromatic heterocycles. The lowest BCUT2D eigenvalue weighted by Gasteiger charge is -2.39. The van der Waals surface area contributed by atoms with Gasteiger partial charge in [0.1, 0.15) is 0 Å². The van der Waals surface area contributed by atoms with E-state index in [1.165, 1.54) is 25.7 Å². The Balaban J connectivity index is 1.91. The molecular formula is C15H22N2S. The highest BCUT2D eigenvalue weighted by molar-refractivity contribution is 7.80. The maximum absolute atomic E-state index is 5.40. The van der Waals surface area contributed by atoms with Crippen molar-refractivity contribution in [2.45, 2.75) is 45.6 Å². The van der Waals surface area contributed by atoms with E-state index in [9.17, 15) is 0 Å². The first kappa shape index (κ1) is 13.3. The van der Waals surface area contributed by atoms with E-state index in [0.717, 1.165) is 10.8 Å². The first-order valence-corrected chi connectivity index (χ1v) is 7.11. The van der Waals surface area contributed by atoms with Gasteiger partial charge in [-0.2, -0.15) is 0 Å². The van der Waals surface area contributed by atoms with Gasteiger partial charge in [-0.1, -0.05) is 44.9 Å². The molecule has 0 heterocycles. The molecule has 2 N–H and O–H groups in total. The minimum absolute atomic E-state index is 0.334. The summed E-state index contributed by atoms with van der Waals surface area (Å²) < 4.78 is 0. The van der Waals surface area contributed by atoms with Crippen LogP contribution in [0.5, 0.6) is 0 Å². The molecular weight excluding hydrogens is 240 g/mol. The van der Waals surface area contributed by atoms with Crippen molar-refractivity contribution in [2.24, 2.45) is 5.41 Å². The molecule has 3 heteroatoms. The summed E-state index contributed by atoms with van der Waals surface area (Å²) in [5, 5.41) is 7.46. The van der Waals surface area contributed by atoms with Crippen LogP contribution in [0.15, 0.2) is 30.3 Å². The third-order valence-electron chi connectivity index (χ3n) is 3.84. The Labute approximate surface area is 115 Å². The van der Waals surface area contributed by atoms with Gasteiger partial charge in [-0.05, 0) is 42.6 Å². The maximum atomic E-state index is 5.40. The molecule has 1 atom stereocenters. The van der Waals surface area contributed by atoms with Crippen molar-refractivity contribution in [3.8, 4) is 0 Å². The van der Waals surface area contributed by atoms with Crippen molar-refractivity contribution >= 4 is 23.0 Å². The SMILES string of the molecule is CC1(C)CCCCC1NC(=S)Nc1ccccc1. The van der Waals surface area contributed by atoms with Crippen LogP contribution in [0.3, 0.4) is 0 Å². The zero-order valence-corrected chi connectivity index (χ0v) is 12.0. The number of hydrogen-bond acceptors (Lipinski definition) is 1. The number of thiocarbonyl (C=S) groups is 1. The summed E-state index contributed by atoms with van der Waals surface area (Å²) in [7, 11) is 0. The van der Waals surface area contributed by atoms with Gasteiger partial charge in [0.25, 0.3) is 0 Å². The highest BCUT2D eigenvalue weighted by Gasteiger charge is 2.32. The zero-order valence-electron chi connectivity index (χ0n) is 11.2. The molecule has 1 aromatic carbocycles. The predicted molar refractivity (Wildman–Crippen MR) is 81.8 cm³/mol. The van der Waals surface area contributed by atoms with E-state index in [2.05, 4.69) is 24.5 Å². The van der Waals surface area contributed by atoms with Gasteiger partial charge in [-0.3, -0.25) is 0 Å². The lowest BCUT2D eigenvalue weighted by atomic mass is 9.73. The highest BCUT2D eigenvalue weighted by Crippen LogP contribution is 2.35. The third kappa shape index (κ3) is 3.45. The van der Waals surface area contributed by atoms with Crippen molar-refractivity contribution in [1.82, 2.24) is 5.32 Å². The van der Waals surface area contributed by atoms with Crippen molar-refractivity contribution in [1.29, 1.82) is 0 Å². The lowest BCUT2D eigenvalue weighted by molar-refractivity contribution is 0.186. The Hall–Kier alpha value is -1.09. The van der Waals surface area contributed by atoms with Crippen molar-refractivity contribution in [3.63, 3.8) is 0 Å². The molecule has 0 saturated heterocycles. The standard InChI is InChI=1S/C15H22N2S/c1-15(2)11-7-6-10-13(15)17-14(18)16-12-8-4-3-5-9-12/h3-5,8-9,13H,6-7,10-11H2,1-2H3,(H2,16,17,18). The van der Waals surface area contributed by atoms with Crippen LogP contribution < -0.4 is 10.6 Å². The molecule has 0 bridgehead atoms. The van der Waals surface area contributed by atoms with Crippen molar-refractivity contribution < 1.29 is 0 Å². The van der Waals surface area contributed by atoms with Crippen molar-refractivity contribution in [2.75, 3.05) is 5.32 Å². The topological polar surface area (TPSA) is 24.1 Å². The maximum Gasteiger partial charge on any atom is 0.171 e. The van der Waals surface area contributed by atoms with Crippen LogP contribution in [0.2, 0.25) is 0 Å². The number of benzene rings is 1. The summed E-state index contributed by atoms with van der Waals surface area (Å²) in [4.78, 5) is 0. The van der Waals surface area contributed by atoms with Crippen LogP contribution in [0, 0.1) is 5.41 Å². The molecule has 0 aliphatic heterocycles. The second kappa shape index (κ2) is 5.70. The Morgan fingerprint density at radius 2 is 1.94 bits per heavy atom. The van der Waals surface area contributed by atoms with Gasteiger partial charge in [0.05, 0.1) is 0 Å². The summed E-state index contributed by atoms with van der Waals surface area (Å²) in [5.74, 6) is 0. The van der Waals surface area contributed by atoms with E-state index in [0.29, 0.717) is 11.5 Å². The largest absolute Gasteiger partial charge is 0.359 e. The Morgan fingerprint density at radius 3 is 2.61 bits per heavy atom. The zero-order chi connectivity index (χ0) is 13.0. The number of anilines is 1. The minimum Gasteiger partial charge on any atom is -0.359 e. The van der Waals surface area contributed by atoms with E-state index >= 15 is 0 Å². The molecule has 1 saturated carbocycles. The Bertz CT molecular complexity index is 400. The third-order valence-corrected chi connectivity index (χ3v) is 4.06. The summed E-state index contributed by atoms with van der Waals surface area (Å²) in [6.45, 7) is 4.66. The number of hydrogen-bond donors (Lipinski definition) is 2. The van der Waals surface area contributed by atoms with Gasteiger partial charge in [0.15, 0.2) is 5.11 Å². The van der Waals surface area contributed by atoms with Crippen molar-refractivity contribution in [3.05, 3.63) is 30.3 Å². The van der Waals surface area contributed by atoms with Gasteiger partial charge in [0, 0.05) is 11.7 Å². The molecule has 1 aromatic rings. The van der Waals surface area contributed by atoms with E-state index in [1.807, 2.05) is 30.3 Å². The van der Waals surface area contributed by atoms with Crippen LogP contribution in [0.1, 0.15) is 39.5 Å². The molecule has 0 amide bonds. The second-order valence-corrected chi connectivity index (χ2v) is 6.16. The van der Waals surface area contributed by atoms with Gasteiger partial charge < -0.3 is 10.6 Å². The first-order chi connectivity index (χ1) is 8.58. The average molecular weight is 262 g/mol. The summed E-state index contributed by atoms with van der Waals surface area (Å²) in [6.07, 6.45) is 5.13.